The molecule has 0 aromatic carbocycles. The molecule has 1 heterocycles. The van der Waals surface area contributed by atoms with Crippen molar-refractivity contribution in [1.29, 1.82) is 0 Å². The number of piperazine rings is 1. The van der Waals surface area contributed by atoms with E-state index in [-0.39, 0.29) is 0 Å². The average Bonchev–Trinajstić information content (AvgIpc) is 2.18. The van der Waals surface area contributed by atoms with Crippen LogP contribution >= 0.6 is 0 Å². The maximum Gasteiger partial charge on any atom is 0.0193 e. The zero-order chi connectivity index (χ0) is 11.4. The minimum Gasteiger partial charge on any atom is -0.313 e. The fraction of sp³-hybridized carbons (Fsp3) is 1.00. The molecule has 1 aliphatic rings. The molecule has 15 heavy (non-hydrogen) atoms. The molecule has 0 radical (unpaired) electrons. The van der Waals surface area contributed by atoms with Gasteiger partial charge in [-0.15, -0.1) is 0 Å². The maximum atomic E-state index is 3.51. The van der Waals surface area contributed by atoms with Crippen molar-refractivity contribution >= 4 is 0 Å². The van der Waals surface area contributed by atoms with Crippen molar-refractivity contribution in [2.45, 2.75) is 45.8 Å². The summed E-state index contributed by atoms with van der Waals surface area (Å²) in [5.41, 5.74) is 0. The van der Waals surface area contributed by atoms with Gasteiger partial charge >= 0.3 is 0 Å². The molecule has 0 spiro atoms. The van der Waals surface area contributed by atoms with Crippen LogP contribution in [0.4, 0.5) is 0 Å². The third-order valence-electron chi connectivity index (χ3n) is 3.44. The summed E-state index contributed by atoms with van der Waals surface area (Å²) in [6.45, 7) is 13.8. The van der Waals surface area contributed by atoms with Gasteiger partial charge in [0, 0.05) is 44.3 Å². The van der Waals surface area contributed by atoms with E-state index in [1.807, 2.05) is 0 Å². The van der Waals surface area contributed by atoms with Crippen molar-refractivity contribution in [3.8, 4) is 0 Å². The number of hydrogen-bond donors (Lipinski definition) is 1. The van der Waals surface area contributed by atoms with Crippen LogP contribution in [0, 0.1) is 0 Å². The summed E-state index contributed by atoms with van der Waals surface area (Å²) in [5, 5.41) is 3.51. The van der Waals surface area contributed by atoms with E-state index in [4.69, 9.17) is 0 Å². The quantitative estimate of drug-likeness (QED) is 0.752. The Morgan fingerprint density at radius 2 is 1.93 bits per heavy atom. The van der Waals surface area contributed by atoms with Crippen LogP contribution in [-0.4, -0.2) is 61.2 Å². The number of hydrogen-bond acceptors (Lipinski definition) is 3. The van der Waals surface area contributed by atoms with E-state index in [1.165, 1.54) is 19.6 Å². The van der Waals surface area contributed by atoms with Crippen molar-refractivity contribution in [2.24, 2.45) is 0 Å². The summed E-state index contributed by atoms with van der Waals surface area (Å²) in [5.74, 6) is 0. The Kier molecular flexibility index (Phi) is 5.03. The molecule has 3 heteroatoms. The van der Waals surface area contributed by atoms with Gasteiger partial charge in [-0.25, -0.2) is 0 Å². The molecule has 1 saturated heterocycles. The summed E-state index contributed by atoms with van der Waals surface area (Å²) in [6, 6.07) is 1.95. The average molecular weight is 213 g/mol. The van der Waals surface area contributed by atoms with Crippen molar-refractivity contribution in [3.63, 3.8) is 0 Å². The molecule has 1 rings (SSSR count). The second-order valence-electron chi connectivity index (χ2n) is 5.24. The van der Waals surface area contributed by atoms with Gasteiger partial charge in [-0.1, -0.05) is 13.8 Å². The molecule has 2 atom stereocenters. The van der Waals surface area contributed by atoms with Crippen LogP contribution in [0.25, 0.3) is 0 Å². The van der Waals surface area contributed by atoms with Crippen LogP contribution in [0.2, 0.25) is 0 Å². The topological polar surface area (TPSA) is 18.5 Å². The Hall–Kier alpha value is -0.120. The molecule has 1 aliphatic heterocycles. The Morgan fingerprint density at radius 1 is 1.27 bits per heavy atom. The molecule has 0 bridgehead atoms. The molecule has 1 fully saturated rings. The molecule has 0 aliphatic carbocycles. The van der Waals surface area contributed by atoms with Crippen molar-refractivity contribution in [1.82, 2.24) is 15.1 Å². The molecule has 0 aromatic heterocycles. The van der Waals surface area contributed by atoms with Gasteiger partial charge in [0.15, 0.2) is 0 Å². The molecule has 2 unspecified atom stereocenters. The van der Waals surface area contributed by atoms with E-state index < -0.39 is 0 Å². The summed E-state index contributed by atoms with van der Waals surface area (Å²) >= 11 is 0. The van der Waals surface area contributed by atoms with Gasteiger partial charge in [0.05, 0.1) is 0 Å². The normalized spacial score (nSPS) is 27.2. The lowest BCUT2D eigenvalue weighted by molar-refractivity contribution is 0.0767. The first-order chi connectivity index (χ1) is 7.00. The number of nitrogens with one attached hydrogen (secondary N) is 1. The number of likely N-dealkylation sites (N-methyl/N-ethyl adjacent to an activating group) is 1. The van der Waals surface area contributed by atoms with E-state index in [1.54, 1.807) is 0 Å². The Bertz CT molecular complexity index is 182. The monoisotopic (exact) mass is 213 g/mol. The molecule has 90 valence electrons. The van der Waals surface area contributed by atoms with Gasteiger partial charge in [-0.05, 0) is 20.9 Å². The summed E-state index contributed by atoms with van der Waals surface area (Å²) < 4.78 is 0. The van der Waals surface area contributed by atoms with Crippen LogP contribution in [0.3, 0.4) is 0 Å². The van der Waals surface area contributed by atoms with Gasteiger partial charge in [0.2, 0.25) is 0 Å². The van der Waals surface area contributed by atoms with Gasteiger partial charge in [0.25, 0.3) is 0 Å². The lowest BCUT2D eigenvalue weighted by atomic mass is 10.1. The first-order valence-electron chi connectivity index (χ1n) is 6.18. The van der Waals surface area contributed by atoms with Crippen LogP contribution in [0.5, 0.6) is 0 Å². The molecular formula is C12H27N3. The number of nitrogens with zero attached hydrogens (tertiary/aromatic N) is 2. The first kappa shape index (κ1) is 12.9. The Morgan fingerprint density at radius 3 is 2.47 bits per heavy atom. The zero-order valence-electron chi connectivity index (χ0n) is 11.0. The van der Waals surface area contributed by atoms with Gasteiger partial charge in [0.1, 0.15) is 0 Å². The Balaban J connectivity index is 2.30. The summed E-state index contributed by atoms with van der Waals surface area (Å²) in [7, 11) is 2.22. The lowest BCUT2D eigenvalue weighted by Crippen LogP contribution is -2.54. The van der Waals surface area contributed by atoms with Crippen LogP contribution in [0.1, 0.15) is 27.7 Å². The predicted octanol–water partition coefficient (Wildman–Crippen LogP) is 1.01. The maximum absolute atomic E-state index is 3.51. The van der Waals surface area contributed by atoms with Crippen molar-refractivity contribution in [2.75, 3.05) is 33.2 Å². The molecule has 0 aromatic rings. The third kappa shape index (κ3) is 4.09. The standard InChI is InChI=1S/C12H27N3/c1-10(2)13-8-11(3)15-7-6-14(5)12(4)9-15/h10-13H,6-9H2,1-5H3. The fourth-order valence-corrected chi connectivity index (χ4v) is 2.01. The largest absolute Gasteiger partial charge is 0.313 e. The molecule has 0 saturated carbocycles. The summed E-state index contributed by atoms with van der Waals surface area (Å²) in [6.07, 6.45) is 0. The summed E-state index contributed by atoms with van der Waals surface area (Å²) in [4.78, 5) is 5.04. The van der Waals surface area contributed by atoms with Crippen LogP contribution in [0.15, 0.2) is 0 Å². The Labute approximate surface area is 94.8 Å². The lowest BCUT2D eigenvalue weighted by Gasteiger charge is -2.41. The number of rotatable bonds is 4. The highest BCUT2D eigenvalue weighted by Crippen LogP contribution is 2.09. The van der Waals surface area contributed by atoms with Gasteiger partial charge < -0.3 is 10.2 Å². The SMILES string of the molecule is CC(C)NCC(C)N1CCN(C)C(C)C1. The van der Waals surface area contributed by atoms with Crippen molar-refractivity contribution in [3.05, 3.63) is 0 Å². The van der Waals surface area contributed by atoms with E-state index in [0.29, 0.717) is 18.1 Å². The smallest absolute Gasteiger partial charge is 0.0193 e. The molecule has 0 amide bonds. The second-order valence-corrected chi connectivity index (χ2v) is 5.24. The van der Waals surface area contributed by atoms with E-state index in [9.17, 15) is 0 Å². The minimum atomic E-state index is 0.595. The van der Waals surface area contributed by atoms with Crippen LogP contribution < -0.4 is 5.32 Å². The highest BCUT2D eigenvalue weighted by molar-refractivity contribution is 4.81. The molecular weight excluding hydrogens is 186 g/mol. The highest BCUT2D eigenvalue weighted by atomic mass is 15.3. The fourth-order valence-electron chi connectivity index (χ4n) is 2.01. The van der Waals surface area contributed by atoms with Crippen molar-refractivity contribution < 1.29 is 0 Å². The molecule has 3 nitrogen and oxygen atoms in total. The van der Waals surface area contributed by atoms with E-state index in [2.05, 4.69) is 49.9 Å². The second kappa shape index (κ2) is 5.83. The van der Waals surface area contributed by atoms with E-state index in [0.717, 1.165) is 6.54 Å². The van der Waals surface area contributed by atoms with Gasteiger partial charge in [-0.2, -0.15) is 0 Å². The minimum absolute atomic E-state index is 0.595. The zero-order valence-corrected chi connectivity index (χ0v) is 11.0. The van der Waals surface area contributed by atoms with E-state index >= 15 is 0 Å². The third-order valence-corrected chi connectivity index (χ3v) is 3.44. The predicted molar refractivity (Wildman–Crippen MR) is 66.3 cm³/mol. The first-order valence-corrected chi connectivity index (χ1v) is 6.18. The van der Waals surface area contributed by atoms with Crippen LogP contribution in [-0.2, 0) is 0 Å². The highest BCUT2D eigenvalue weighted by Gasteiger charge is 2.23. The molecule has 1 N–H and O–H groups in total. The van der Waals surface area contributed by atoms with Gasteiger partial charge in [-0.3, -0.25) is 4.90 Å².